The number of carbonyl (C=O) groups excluding carboxylic acids is 1. The van der Waals surface area contributed by atoms with Gasteiger partial charge in [0, 0.05) is 25.2 Å². The molecule has 0 atom stereocenters. The van der Waals surface area contributed by atoms with Gasteiger partial charge in [-0.05, 0) is 31.0 Å². The van der Waals surface area contributed by atoms with Gasteiger partial charge in [0.15, 0.2) is 0 Å². The summed E-state index contributed by atoms with van der Waals surface area (Å²) in [4.78, 5) is 19.8. The van der Waals surface area contributed by atoms with Gasteiger partial charge in [-0.1, -0.05) is 23.7 Å². The van der Waals surface area contributed by atoms with Crippen molar-refractivity contribution in [3.63, 3.8) is 0 Å². The van der Waals surface area contributed by atoms with E-state index in [0.29, 0.717) is 28.9 Å². The van der Waals surface area contributed by atoms with Crippen LogP contribution in [0.4, 0.5) is 5.82 Å². The van der Waals surface area contributed by atoms with E-state index >= 15 is 0 Å². The van der Waals surface area contributed by atoms with E-state index < -0.39 is 0 Å². The second-order valence-electron chi connectivity index (χ2n) is 4.58. The molecule has 0 spiro atoms. The molecule has 1 amide bonds. The van der Waals surface area contributed by atoms with E-state index in [0.717, 1.165) is 12.0 Å². The lowest BCUT2D eigenvalue weighted by atomic mass is 10.1. The fourth-order valence-electron chi connectivity index (χ4n) is 1.97. The fraction of sp³-hybridized carbons (Fsp3) is 0.267. The Bertz CT molecular complexity index is 625. The molecule has 0 fully saturated rings. The Morgan fingerprint density at radius 1 is 1.29 bits per heavy atom. The first-order chi connectivity index (χ1) is 10.1. The number of aromatic nitrogens is 2. The Hall–Kier alpha value is -2.14. The normalized spacial score (nSPS) is 10.2. The second kappa shape index (κ2) is 7.04. The zero-order valence-electron chi connectivity index (χ0n) is 12.0. The molecule has 21 heavy (non-hydrogen) atoms. The zero-order chi connectivity index (χ0) is 15.2. The molecule has 0 saturated carbocycles. The number of anilines is 1. The van der Waals surface area contributed by atoms with Crippen LogP contribution in [0.1, 0.15) is 21.7 Å². The van der Waals surface area contributed by atoms with E-state index in [1.165, 1.54) is 0 Å². The van der Waals surface area contributed by atoms with Gasteiger partial charge < -0.3 is 10.6 Å². The highest BCUT2D eigenvalue weighted by Crippen LogP contribution is 2.11. The largest absolute Gasteiger partial charge is 0.370 e. The number of amides is 1. The number of hydrogen-bond donors (Lipinski definition) is 2. The molecule has 1 aromatic heterocycles. The highest BCUT2D eigenvalue weighted by molar-refractivity contribution is 6.29. The molecule has 0 aliphatic heterocycles. The third-order valence-electron chi connectivity index (χ3n) is 2.94. The molecular weight excluding hydrogens is 288 g/mol. The fourth-order valence-corrected chi connectivity index (χ4v) is 2.19. The average Bonchev–Trinajstić information content (AvgIpc) is 2.46. The summed E-state index contributed by atoms with van der Waals surface area (Å²) < 4.78 is 0. The molecule has 1 aromatic carbocycles. The van der Waals surface area contributed by atoms with Gasteiger partial charge in [0.1, 0.15) is 16.8 Å². The molecule has 2 rings (SSSR count). The summed E-state index contributed by atoms with van der Waals surface area (Å²) in [5, 5.41) is 6.24. The SMILES string of the molecule is CNC(=O)c1cccc(CCNc2cc(Cl)nc(C)n2)c1. The maximum Gasteiger partial charge on any atom is 0.251 e. The second-order valence-corrected chi connectivity index (χ2v) is 4.97. The first kappa shape index (κ1) is 15.3. The van der Waals surface area contributed by atoms with Gasteiger partial charge in [-0.15, -0.1) is 0 Å². The lowest BCUT2D eigenvalue weighted by Gasteiger charge is -2.08. The van der Waals surface area contributed by atoms with Crippen molar-refractivity contribution in [3.8, 4) is 0 Å². The van der Waals surface area contributed by atoms with E-state index in [1.54, 1.807) is 26.1 Å². The summed E-state index contributed by atoms with van der Waals surface area (Å²) in [7, 11) is 1.62. The minimum atomic E-state index is -0.0805. The van der Waals surface area contributed by atoms with E-state index in [9.17, 15) is 4.79 Å². The van der Waals surface area contributed by atoms with Crippen LogP contribution in [0, 0.1) is 6.92 Å². The molecule has 0 aliphatic carbocycles. The molecule has 5 nitrogen and oxygen atoms in total. The predicted octanol–water partition coefficient (Wildman–Crippen LogP) is 2.45. The standard InChI is InChI=1S/C15H17ClN4O/c1-10-19-13(16)9-14(20-10)18-7-6-11-4-3-5-12(8-11)15(21)17-2/h3-5,8-9H,6-7H2,1-2H3,(H,17,21)(H,18,19,20). The summed E-state index contributed by atoms with van der Waals surface area (Å²) in [5.41, 5.74) is 1.75. The average molecular weight is 305 g/mol. The minimum absolute atomic E-state index is 0.0805. The van der Waals surface area contributed by atoms with Crippen LogP contribution in [0.5, 0.6) is 0 Å². The quantitative estimate of drug-likeness (QED) is 0.833. The van der Waals surface area contributed by atoms with Crippen molar-refractivity contribution in [2.24, 2.45) is 0 Å². The maximum absolute atomic E-state index is 11.6. The van der Waals surface area contributed by atoms with Gasteiger partial charge >= 0.3 is 0 Å². The van der Waals surface area contributed by atoms with Crippen LogP contribution in [0.25, 0.3) is 0 Å². The Morgan fingerprint density at radius 3 is 2.81 bits per heavy atom. The molecule has 6 heteroatoms. The highest BCUT2D eigenvalue weighted by atomic mass is 35.5. The lowest BCUT2D eigenvalue weighted by Crippen LogP contribution is -2.18. The van der Waals surface area contributed by atoms with Crippen LogP contribution in [0.15, 0.2) is 30.3 Å². The lowest BCUT2D eigenvalue weighted by molar-refractivity contribution is 0.0963. The van der Waals surface area contributed by atoms with Crippen LogP contribution >= 0.6 is 11.6 Å². The first-order valence-corrected chi connectivity index (χ1v) is 7.02. The molecule has 1 heterocycles. The van der Waals surface area contributed by atoms with Crippen molar-refractivity contribution in [2.75, 3.05) is 18.9 Å². The third-order valence-corrected chi connectivity index (χ3v) is 3.14. The van der Waals surface area contributed by atoms with Gasteiger partial charge in [0.05, 0.1) is 0 Å². The van der Waals surface area contributed by atoms with E-state index in [1.807, 2.05) is 18.2 Å². The third kappa shape index (κ3) is 4.43. The van der Waals surface area contributed by atoms with Crippen molar-refractivity contribution >= 4 is 23.3 Å². The van der Waals surface area contributed by atoms with Gasteiger partial charge in [0.2, 0.25) is 0 Å². The van der Waals surface area contributed by atoms with Crippen molar-refractivity contribution < 1.29 is 4.79 Å². The van der Waals surface area contributed by atoms with Gasteiger partial charge in [0.25, 0.3) is 5.91 Å². The van der Waals surface area contributed by atoms with Crippen molar-refractivity contribution in [1.82, 2.24) is 15.3 Å². The zero-order valence-corrected chi connectivity index (χ0v) is 12.7. The van der Waals surface area contributed by atoms with Crippen LogP contribution in [-0.2, 0) is 6.42 Å². The number of hydrogen-bond acceptors (Lipinski definition) is 4. The Morgan fingerprint density at radius 2 is 2.10 bits per heavy atom. The van der Waals surface area contributed by atoms with Crippen LogP contribution in [0.2, 0.25) is 5.15 Å². The Balaban J connectivity index is 1.95. The molecule has 0 saturated heterocycles. The van der Waals surface area contributed by atoms with Crippen molar-refractivity contribution in [3.05, 3.63) is 52.4 Å². The van der Waals surface area contributed by atoms with Crippen LogP contribution in [0.3, 0.4) is 0 Å². The molecule has 2 N–H and O–H groups in total. The Labute approximate surface area is 128 Å². The van der Waals surface area contributed by atoms with E-state index in [-0.39, 0.29) is 5.91 Å². The van der Waals surface area contributed by atoms with Gasteiger partial charge in [-0.3, -0.25) is 4.79 Å². The highest BCUT2D eigenvalue weighted by Gasteiger charge is 2.04. The number of nitrogens with zero attached hydrogens (tertiary/aromatic N) is 2. The van der Waals surface area contributed by atoms with Crippen LogP contribution < -0.4 is 10.6 Å². The predicted molar refractivity (Wildman–Crippen MR) is 83.8 cm³/mol. The molecular formula is C15H17ClN4O. The monoisotopic (exact) mass is 304 g/mol. The maximum atomic E-state index is 11.6. The smallest absolute Gasteiger partial charge is 0.251 e. The minimum Gasteiger partial charge on any atom is -0.370 e. The summed E-state index contributed by atoms with van der Waals surface area (Å²) in [6.45, 7) is 2.49. The van der Waals surface area contributed by atoms with Gasteiger partial charge in [-0.2, -0.15) is 0 Å². The molecule has 0 radical (unpaired) electrons. The summed E-state index contributed by atoms with van der Waals surface area (Å²) in [5.74, 6) is 1.25. The first-order valence-electron chi connectivity index (χ1n) is 6.64. The molecule has 110 valence electrons. The summed E-state index contributed by atoms with van der Waals surface area (Å²) in [6, 6.07) is 9.25. The molecule has 2 aromatic rings. The number of benzene rings is 1. The summed E-state index contributed by atoms with van der Waals surface area (Å²) in [6.07, 6.45) is 0.783. The number of carbonyl (C=O) groups is 1. The number of halogens is 1. The number of aryl methyl sites for hydroxylation is 1. The summed E-state index contributed by atoms with van der Waals surface area (Å²) >= 11 is 5.88. The number of nitrogens with one attached hydrogen (secondary N) is 2. The van der Waals surface area contributed by atoms with Gasteiger partial charge in [-0.25, -0.2) is 9.97 Å². The van der Waals surface area contributed by atoms with Crippen molar-refractivity contribution in [1.29, 1.82) is 0 Å². The molecule has 0 unspecified atom stereocenters. The van der Waals surface area contributed by atoms with E-state index in [4.69, 9.17) is 11.6 Å². The van der Waals surface area contributed by atoms with Crippen LogP contribution in [-0.4, -0.2) is 29.5 Å². The van der Waals surface area contributed by atoms with E-state index in [2.05, 4.69) is 20.6 Å². The Kier molecular flexibility index (Phi) is 5.11. The topological polar surface area (TPSA) is 66.9 Å². The van der Waals surface area contributed by atoms with Crippen molar-refractivity contribution in [2.45, 2.75) is 13.3 Å². The number of rotatable bonds is 5. The molecule has 0 aliphatic rings. The molecule has 0 bridgehead atoms.